The van der Waals surface area contributed by atoms with Crippen molar-refractivity contribution >= 4 is 6.41 Å². The maximum absolute atomic E-state index is 10.3. The number of carbonyl (C=O) groups excluding carboxylic acids is 1. The molecule has 0 atom stereocenters. The van der Waals surface area contributed by atoms with Crippen molar-refractivity contribution in [2.75, 3.05) is 0 Å². The lowest BCUT2D eigenvalue weighted by Gasteiger charge is -2.33. The Morgan fingerprint density at radius 1 is 1.62 bits per heavy atom. The first-order valence-electron chi connectivity index (χ1n) is 4.89. The number of nitrogens with zero attached hydrogens (tertiary/aromatic N) is 1. The molecule has 72 valence electrons. The van der Waals surface area contributed by atoms with Crippen molar-refractivity contribution in [1.82, 2.24) is 5.32 Å². The first kappa shape index (κ1) is 10.0. The zero-order valence-electron chi connectivity index (χ0n) is 8.05. The fraction of sp³-hybridized carbons (Fsp3) is 0.800. The summed E-state index contributed by atoms with van der Waals surface area (Å²) in [4.78, 5) is 10.3. The molecule has 1 aliphatic rings. The molecule has 1 rings (SSSR count). The lowest BCUT2D eigenvalue weighted by atomic mass is 9.76. The maximum Gasteiger partial charge on any atom is 0.208 e. The first-order chi connectivity index (χ1) is 6.26. The number of amides is 1. The highest BCUT2D eigenvalue weighted by atomic mass is 16.1. The summed E-state index contributed by atoms with van der Waals surface area (Å²) in [6.45, 7) is 2.18. The monoisotopic (exact) mass is 180 g/mol. The van der Waals surface area contributed by atoms with E-state index in [0.29, 0.717) is 6.41 Å². The third kappa shape index (κ3) is 2.21. The Bertz CT molecular complexity index is 211. The average Bonchev–Trinajstić information content (AvgIpc) is 2.19. The average molecular weight is 180 g/mol. The zero-order valence-corrected chi connectivity index (χ0v) is 8.05. The van der Waals surface area contributed by atoms with E-state index in [-0.39, 0.29) is 0 Å². The Morgan fingerprint density at radius 2 is 2.23 bits per heavy atom. The Hall–Kier alpha value is -1.04. The van der Waals surface area contributed by atoms with Crippen LogP contribution < -0.4 is 5.32 Å². The van der Waals surface area contributed by atoms with E-state index in [0.717, 1.165) is 31.6 Å². The van der Waals surface area contributed by atoms with Gasteiger partial charge in [0.2, 0.25) is 6.41 Å². The highest BCUT2D eigenvalue weighted by Gasteiger charge is 2.34. The van der Waals surface area contributed by atoms with E-state index in [9.17, 15) is 4.79 Å². The van der Waals surface area contributed by atoms with Crippen LogP contribution in [-0.2, 0) is 4.79 Å². The lowest BCUT2D eigenvalue weighted by Crippen LogP contribution is -2.45. The molecule has 0 aliphatic heterocycles. The Labute approximate surface area is 79.1 Å². The zero-order chi connectivity index (χ0) is 9.73. The van der Waals surface area contributed by atoms with Crippen LogP contribution in [0.25, 0.3) is 0 Å². The lowest BCUT2D eigenvalue weighted by molar-refractivity contribution is -0.111. The van der Waals surface area contributed by atoms with Gasteiger partial charge in [0.25, 0.3) is 0 Å². The fourth-order valence-corrected chi connectivity index (χ4v) is 1.98. The van der Waals surface area contributed by atoms with Crippen molar-refractivity contribution < 1.29 is 4.79 Å². The molecule has 3 heteroatoms. The Kier molecular flexibility index (Phi) is 3.30. The third-order valence-electron chi connectivity index (χ3n) is 3.09. The topological polar surface area (TPSA) is 52.9 Å². The Morgan fingerprint density at radius 3 is 2.62 bits per heavy atom. The molecule has 13 heavy (non-hydrogen) atoms. The SMILES string of the molecule is CCC1CCC(C#N)(NC=O)CC1. The molecule has 0 aromatic heterocycles. The van der Waals surface area contributed by atoms with E-state index in [1.165, 1.54) is 6.42 Å². The second-order valence-corrected chi connectivity index (χ2v) is 3.81. The molecule has 0 heterocycles. The molecule has 3 nitrogen and oxygen atoms in total. The minimum absolute atomic E-state index is 0.562. The molecule has 0 unspecified atom stereocenters. The number of hydrogen-bond donors (Lipinski definition) is 1. The van der Waals surface area contributed by atoms with Gasteiger partial charge in [-0.3, -0.25) is 4.79 Å². The van der Waals surface area contributed by atoms with Gasteiger partial charge in [0.1, 0.15) is 5.54 Å². The number of nitriles is 1. The molecular weight excluding hydrogens is 164 g/mol. The van der Waals surface area contributed by atoms with Crippen molar-refractivity contribution in [2.24, 2.45) is 5.92 Å². The van der Waals surface area contributed by atoms with E-state index >= 15 is 0 Å². The van der Waals surface area contributed by atoms with E-state index < -0.39 is 5.54 Å². The molecule has 1 N–H and O–H groups in total. The second kappa shape index (κ2) is 4.27. The van der Waals surface area contributed by atoms with Crippen LogP contribution >= 0.6 is 0 Å². The highest BCUT2D eigenvalue weighted by molar-refractivity contribution is 5.49. The summed E-state index contributed by atoms with van der Waals surface area (Å²) in [5.74, 6) is 0.745. The third-order valence-corrected chi connectivity index (χ3v) is 3.09. The molecule has 1 amide bonds. The van der Waals surface area contributed by atoms with Crippen molar-refractivity contribution in [3.8, 4) is 6.07 Å². The van der Waals surface area contributed by atoms with Gasteiger partial charge >= 0.3 is 0 Å². The van der Waals surface area contributed by atoms with E-state index in [4.69, 9.17) is 5.26 Å². The van der Waals surface area contributed by atoms with Gasteiger partial charge in [0.05, 0.1) is 6.07 Å². The Balaban J connectivity index is 2.53. The summed E-state index contributed by atoms with van der Waals surface area (Å²) in [7, 11) is 0. The van der Waals surface area contributed by atoms with Crippen molar-refractivity contribution in [2.45, 2.75) is 44.6 Å². The number of nitrogens with one attached hydrogen (secondary N) is 1. The van der Waals surface area contributed by atoms with Gasteiger partial charge in [-0.25, -0.2) is 0 Å². The van der Waals surface area contributed by atoms with Crippen LogP contribution in [0, 0.1) is 17.2 Å². The highest BCUT2D eigenvalue weighted by Crippen LogP contribution is 2.32. The predicted molar refractivity (Wildman–Crippen MR) is 49.8 cm³/mol. The summed E-state index contributed by atoms with van der Waals surface area (Å²) >= 11 is 0. The molecule has 1 fully saturated rings. The smallest absolute Gasteiger partial charge is 0.208 e. The van der Waals surface area contributed by atoms with Crippen LogP contribution in [0.4, 0.5) is 0 Å². The van der Waals surface area contributed by atoms with Gasteiger partial charge in [0.15, 0.2) is 0 Å². The summed E-state index contributed by atoms with van der Waals surface area (Å²) in [5.41, 5.74) is -0.562. The van der Waals surface area contributed by atoms with Crippen LogP contribution in [0.15, 0.2) is 0 Å². The van der Waals surface area contributed by atoms with Crippen molar-refractivity contribution in [3.05, 3.63) is 0 Å². The van der Waals surface area contributed by atoms with E-state index in [2.05, 4.69) is 18.3 Å². The predicted octanol–water partition coefficient (Wildman–Crippen LogP) is 1.59. The van der Waals surface area contributed by atoms with Gasteiger partial charge in [-0.05, 0) is 31.6 Å². The summed E-state index contributed by atoms with van der Waals surface area (Å²) in [6, 6.07) is 2.22. The number of rotatable bonds is 3. The molecule has 0 aromatic carbocycles. The molecule has 0 spiro atoms. The van der Waals surface area contributed by atoms with Gasteiger partial charge in [-0.1, -0.05) is 13.3 Å². The van der Waals surface area contributed by atoms with Crippen LogP contribution in [0.2, 0.25) is 0 Å². The normalized spacial score (nSPS) is 33.4. The molecule has 0 aromatic rings. The van der Waals surface area contributed by atoms with Gasteiger partial charge in [0, 0.05) is 0 Å². The number of hydrogen-bond acceptors (Lipinski definition) is 2. The minimum Gasteiger partial charge on any atom is -0.340 e. The maximum atomic E-state index is 10.3. The largest absolute Gasteiger partial charge is 0.340 e. The standard InChI is InChI=1S/C10H16N2O/c1-2-9-3-5-10(7-11,6-4-9)12-8-13/h8-9H,2-6H2,1H3,(H,12,13). The second-order valence-electron chi connectivity index (χ2n) is 3.81. The van der Waals surface area contributed by atoms with Gasteiger partial charge in [-0.15, -0.1) is 0 Å². The molecular formula is C10H16N2O. The minimum atomic E-state index is -0.562. The van der Waals surface area contributed by atoms with Crippen molar-refractivity contribution in [3.63, 3.8) is 0 Å². The summed E-state index contributed by atoms with van der Waals surface area (Å²) in [6.07, 6.45) is 5.56. The van der Waals surface area contributed by atoms with Crippen LogP contribution in [0.5, 0.6) is 0 Å². The van der Waals surface area contributed by atoms with E-state index in [1.54, 1.807) is 0 Å². The molecule has 0 bridgehead atoms. The fourth-order valence-electron chi connectivity index (χ4n) is 1.98. The van der Waals surface area contributed by atoms with Crippen LogP contribution in [0.3, 0.4) is 0 Å². The van der Waals surface area contributed by atoms with Crippen LogP contribution in [-0.4, -0.2) is 11.9 Å². The molecule has 0 radical (unpaired) electrons. The van der Waals surface area contributed by atoms with Crippen molar-refractivity contribution in [1.29, 1.82) is 5.26 Å². The molecule has 0 saturated heterocycles. The first-order valence-corrected chi connectivity index (χ1v) is 4.89. The molecule has 1 saturated carbocycles. The summed E-state index contributed by atoms with van der Waals surface area (Å²) in [5, 5.41) is 11.6. The van der Waals surface area contributed by atoms with Crippen LogP contribution in [0.1, 0.15) is 39.0 Å². The van der Waals surface area contributed by atoms with E-state index in [1.807, 2.05) is 0 Å². The van der Waals surface area contributed by atoms with Gasteiger partial charge < -0.3 is 5.32 Å². The molecule has 1 aliphatic carbocycles. The van der Waals surface area contributed by atoms with Gasteiger partial charge in [-0.2, -0.15) is 5.26 Å². The summed E-state index contributed by atoms with van der Waals surface area (Å²) < 4.78 is 0. The number of carbonyl (C=O) groups is 1. The quantitative estimate of drug-likeness (QED) is 0.670.